The zero-order chi connectivity index (χ0) is 26.5. The minimum absolute atomic E-state index is 0.0329. The fraction of sp³-hybridized carbons (Fsp3) is 0.462. The fourth-order valence-electron chi connectivity index (χ4n) is 4.32. The van der Waals surface area contributed by atoms with Gasteiger partial charge >= 0.3 is 0 Å². The average Bonchev–Trinajstić information content (AvgIpc) is 2.83. The molecule has 0 spiro atoms. The van der Waals surface area contributed by atoms with Crippen LogP contribution in [0.15, 0.2) is 42.5 Å². The molecule has 0 bridgehead atoms. The highest BCUT2D eigenvalue weighted by molar-refractivity contribution is 7.92. The van der Waals surface area contributed by atoms with Gasteiger partial charge in [-0.2, -0.15) is 0 Å². The van der Waals surface area contributed by atoms with Crippen LogP contribution in [0.2, 0.25) is 10.0 Å². The van der Waals surface area contributed by atoms with Crippen molar-refractivity contribution in [2.45, 2.75) is 64.6 Å². The molecule has 3 rings (SSSR count). The number of aryl methyl sites for hydroxylation is 1. The monoisotopic (exact) mass is 553 g/mol. The lowest BCUT2D eigenvalue weighted by Crippen LogP contribution is -2.53. The van der Waals surface area contributed by atoms with Crippen LogP contribution in [0.4, 0.5) is 5.69 Å². The van der Waals surface area contributed by atoms with E-state index in [9.17, 15) is 18.0 Å². The van der Waals surface area contributed by atoms with Crippen molar-refractivity contribution in [3.05, 3.63) is 63.6 Å². The maximum absolute atomic E-state index is 13.6. The molecule has 1 aliphatic rings. The number of nitrogens with zero attached hydrogens (tertiary/aromatic N) is 2. The van der Waals surface area contributed by atoms with Crippen LogP contribution in [0.5, 0.6) is 0 Å². The van der Waals surface area contributed by atoms with Crippen LogP contribution in [0.1, 0.15) is 50.2 Å². The quantitative estimate of drug-likeness (QED) is 0.476. The Labute approximate surface area is 223 Å². The highest BCUT2D eigenvalue weighted by Crippen LogP contribution is 2.33. The average molecular weight is 555 g/mol. The second kappa shape index (κ2) is 12.3. The molecule has 0 saturated heterocycles. The van der Waals surface area contributed by atoms with E-state index < -0.39 is 28.5 Å². The maximum atomic E-state index is 13.6. The zero-order valence-electron chi connectivity index (χ0n) is 20.8. The molecule has 0 unspecified atom stereocenters. The molecule has 196 valence electrons. The van der Waals surface area contributed by atoms with Crippen molar-refractivity contribution in [1.82, 2.24) is 10.2 Å². The summed E-state index contributed by atoms with van der Waals surface area (Å²) in [5.41, 5.74) is 2.01. The van der Waals surface area contributed by atoms with Crippen molar-refractivity contribution in [1.29, 1.82) is 0 Å². The predicted octanol–water partition coefficient (Wildman–Crippen LogP) is 4.93. The third kappa shape index (κ3) is 7.37. The molecule has 0 aliphatic heterocycles. The molecule has 0 heterocycles. The Kier molecular flexibility index (Phi) is 9.66. The molecular formula is C26H33Cl2N3O4S. The second-order valence-electron chi connectivity index (χ2n) is 9.37. The number of hydrogen-bond acceptors (Lipinski definition) is 4. The van der Waals surface area contributed by atoms with Gasteiger partial charge in [-0.25, -0.2) is 8.42 Å². The highest BCUT2D eigenvalue weighted by Gasteiger charge is 2.32. The predicted molar refractivity (Wildman–Crippen MR) is 145 cm³/mol. The van der Waals surface area contributed by atoms with E-state index in [1.165, 1.54) is 17.0 Å². The molecule has 1 saturated carbocycles. The number of anilines is 1. The summed E-state index contributed by atoms with van der Waals surface area (Å²) in [5, 5.41) is 3.28. The van der Waals surface area contributed by atoms with Crippen molar-refractivity contribution in [2.75, 3.05) is 17.1 Å². The summed E-state index contributed by atoms with van der Waals surface area (Å²) >= 11 is 12.4. The van der Waals surface area contributed by atoms with E-state index in [1.54, 1.807) is 13.0 Å². The molecule has 1 N–H and O–H groups in total. The van der Waals surface area contributed by atoms with Gasteiger partial charge in [0, 0.05) is 12.6 Å². The second-order valence-corrected chi connectivity index (χ2v) is 12.1. The molecule has 2 aromatic rings. The SMILES string of the molecule is Cc1ccc(CN(C(=O)CN(c2cccc(Cl)c2Cl)S(C)(=O)=O)[C@H](C)C(=O)NC2CCCCC2)cc1. The molecule has 1 fully saturated rings. The number of amides is 2. The summed E-state index contributed by atoms with van der Waals surface area (Å²) in [5.74, 6) is -0.780. The highest BCUT2D eigenvalue weighted by atomic mass is 35.5. The van der Waals surface area contributed by atoms with E-state index in [0.717, 1.165) is 53.8 Å². The third-order valence-electron chi connectivity index (χ3n) is 6.47. The van der Waals surface area contributed by atoms with E-state index in [0.29, 0.717) is 0 Å². The van der Waals surface area contributed by atoms with Crippen LogP contribution in [0, 0.1) is 6.92 Å². The lowest BCUT2D eigenvalue weighted by atomic mass is 9.95. The minimum Gasteiger partial charge on any atom is -0.352 e. The van der Waals surface area contributed by atoms with Crippen LogP contribution in [0.3, 0.4) is 0 Å². The molecule has 1 aliphatic carbocycles. The van der Waals surface area contributed by atoms with Crippen LogP contribution in [0.25, 0.3) is 0 Å². The third-order valence-corrected chi connectivity index (χ3v) is 8.41. The smallest absolute Gasteiger partial charge is 0.244 e. The summed E-state index contributed by atoms with van der Waals surface area (Å²) in [7, 11) is -3.89. The van der Waals surface area contributed by atoms with Gasteiger partial charge in [-0.3, -0.25) is 13.9 Å². The summed E-state index contributed by atoms with van der Waals surface area (Å²) < 4.78 is 26.3. The number of nitrogens with one attached hydrogen (secondary N) is 1. The molecule has 0 radical (unpaired) electrons. The van der Waals surface area contributed by atoms with E-state index >= 15 is 0 Å². The lowest BCUT2D eigenvalue weighted by Gasteiger charge is -2.33. The van der Waals surface area contributed by atoms with Crippen LogP contribution in [-0.4, -0.2) is 50.0 Å². The van der Waals surface area contributed by atoms with Gasteiger partial charge in [0.25, 0.3) is 0 Å². The van der Waals surface area contributed by atoms with Gasteiger partial charge in [0.15, 0.2) is 0 Å². The lowest BCUT2D eigenvalue weighted by molar-refractivity contribution is -0.139. The number of rotatable bonds is 9. The first-order chi connectivity index (χ1) is 17.0. The van der Waals surface area contributed by atoms with Crippen molar-refractivity contribution in [2.24, 2.45) is 0 Å². The summed E-state index contributed by atoms with van der Waals surface area (Å²) in [6, 6.07) is 11.5. The Bertz CT molecular complexity index is 1180. The van der Waals surface area contributed by atoms with Crippen LogP contribution >= 0.6 is 23.2 Å². The Morgan fingerprint density at radius 3 is 2.31 bits per heavy atom. The standard InChI is InChI=1S/C26H33Cl2N3O4S/c1-18-12-14-20(15-13-18)16-30(19(2)26(33)29-21-8-5-4-6-9-21)24(32)17-31(36(3,34)35)23-11-7-10-22(27)25(23)28/h7,10-15,19,21H,4-6,8-9,16-17H2,1-3H3,(H,29,33)/t19-/m1/s1. The van der Waals surface area contributed by atoms with E-state index in [2.05, 4.69) is 5.32 Å². The van der Waals surface area contributed by atoms with Crippen molar-refractivity contribution >= 4 is 50.7 Å². The first kappa shape index (κ1) is 28.3. The minimum atomic E-state index is -3.89. The maximum Gasteiger partial charge on any atom is 0.244 e. The molecule has 10 heteroatoms. The van der Waals surface area contributed by atoms with Gasteiger partial charge in [-0.15, -0.1) is 0 Å². The number of carbonyl (C=O) groups excluding carboxylic acids is 2. The fourth-order valence-corrected chi connectivity index (χ4v) is 5.62. The number of halogens is 2. The van der Waals surface area contributed by atoms with E-state index in [4.69, 9.17) is 23.2 Å². The van der Waals surface area contributed by atoms with E-state index in [-0.39, 0.29) is 34.2 Å². The first-order valence-corrected chi connectivity index (χ1v) is 14.6. The van der Waals surface area contributed by atoms with Crippen molar-refractivity contribution in [3.63, 3.8) is 0 Å². The number of sulfonamides is 1. The topological polar surface area (TPSA) is 86.8 Å². The molecule has 1 atom stereocenters. The van der Waals surface area contributed by atoms with Gasteiger partial charge in [0.1, 0.15) is 12.6 Å². The first-order valence-electron chi connectivity index (χ1n) is 12.0. The number of hydrogen-bond donors (Lipinski definition) is 1. The van der Waals surface area contributed by atoms with Gasteiger partial charge in [0.2, 0.25) is 21.8 Å². The Morgan fingerprint density at radius 2 is 1.69 bits per heavy atom. The molecular weight excluding hydrogens is 521 g/mol. The number of benzene rings is 2. The molecule has 2 amide bonds. The molecule has 36 heavy (non-hydrogen) atoms. The Hall–Kier alpha value is -2.29. The van der Waals surface area contributed by atoms with Crippen molar-refractivity contribution < 1.29 is 18.0 Å². The summed E-state index contributed by atoms with van der Waals surface area (Å²) in [6.45, 7) is 3.26. The molecule has 7 nitrogen and oxygen atoms in total. The van der Waals surface area contributed by atoms with Gasteiger partial charge in [-0.1, -0.05) is 78.4 Å². The Morgan fingerprint density at radius 1 is 1.06 bits per heavy atom. The van der Waals surface area contributed by atoms with Gasteiger partial charge < -0.3 is 10.2 Å². The molecule has 0 aromatic heterocycles. The van der Waals surface area contributed by atoms with Crippen LogP contribution < -0.4 is 9.62 Å². The van der Waals surface area contributed by atoms with Gasteiger partial charge in [0.05, 0.1) is 22.0 Å². The molecule has 2 aromatic carbocycles. The Balaban J connectivity index is 1.89. The summed E-state index contributed by atoms with van der Waals surface area (Å²) in [4.78, 5) is 28.2. The van der Waals surface area contributed by atoms with E-state index in [1.807, 2.05) is 31.2 Å². The van der Waals surface area contributed by atoms with Gasteiger partial charge in [-0.05, 0) is 44.4 Å². The van der Waals surface area contributed by atoms with Crippen LogP contribution in [-0.2, 0) is 26.2 Å². The summed E-state index contributed by atoms with van der Waals surface area (Å²) in [6.07, 6.45) is 6.12. The van der Waals surface area contributed by atoms with Crippen molar-refractivity contribution in [3.8, 4) is 0 Å². The normalized spacial score (nSPS) is 15.2. The zero-order valence-corrected chi connectivity index (χ0v) is 23.2. The largest absolute Gasteiger partial charge is 0.352 e. The number of carbonyl (C=O) groups is 2.